The smallest absolute Gasteiger partial charge is 0.258 e. The van der Waals surface area contributed by atoms with Crippen LogP contribution in [0, 0.1) is 6.92 Å². The molecule has 0 unspecified atom stereocenters. The Labute approximate surface area is 133 Å². The first-order valence-corrected chi connectivity index (χ1v) is 7.92. The van der Waals surface area contributed by atoms with Crippen molar-refractivity contribution in [2.75, 3.05) is 5.75 Å². The summed E-state index contributed by atoms with van der Waals surface area (Å²) in [6, 6.07) is 8.31. The monoisotopic (exact) mass is 318 g/mol. The second-order valence-corrected chi connectivity index (χ2v) is 6.22. The molecule has 2 rings (SSSR count). The zero-order valence-electron chi connectivity index (χ0n) is 12.7. The van der Waals surface area contributed by atoms with Crippen molar-refractivity contribution in [1.29, 1.82) is 0 Å². The largest absolute Gasteiger partial charge is 0.493 e. The number of Topliss-reactive ketones (excluding diaryl/α,β-unsaturated/α-hetero) is 1. The molecule has 0 aliphatic heterocycles. The molecule has 0 spiro atoms. The van der Waals surface area contributed by atoms with Gasteiger partial charge in [-0.3, -0.25) is 14.2 Å². The van der Waals surface area contributed by atoms with Crippen LogP contribution < -0.4 is 5.56 Å². The predicted octanol–water partition coefficient (Wildman–Crippen LogP) is 2.81. The van der Waals surface area contributed by atoms with Crippen molar-refractivity contribution in [3.05, 3.63) is 51.8 Å². The molecule has 1 N–H and O–H groups in total. The summed E-state index contributed by atoms with van der Waals surface area (Å²) in [5, 5.41) is 9.84. The van der Waals surface area contributed by atoms with Crippen molar-refractivity contribution in [3.63, 3.8) is 0 Å². The van der Waals surface area contributed by atoms with Crippen LogP contribution in [-0.2, 0) is 0 Å². The minimum Gasteiger partial charge on any atom is -0.493 e. The number of aryl methyl sites for hydroxylation is 1. The number of rotatable bonds is 5. The fourth-order valence-electron chi connectivity index (χ4n) is 1.99. The summed E-state index contributed by atoms with van der Waals surface area (Å²) in [5.41, 5.74) is 1.39. The predicted molar refractivity (Wildman–Crippen MR) is 86.8 cm³/mol. The standard InChI is InChI=1S/C16H18N2O3S/c1-10(2)18-15(21)8-14(20)17-16(18)22-9-13(19)12-6-4-11(3)5-7-12/h4-8,10,20H,9H2,1-3H3. The summed E-state index contributed by atoms with van der Waals surface area (Å²) in [7, 11) is 0. The quantitative estimate of drug-likeness (QED) is 0.521. The van der Waals surface area contributed by atoms with Crippen LogP contribution >= 0.6 is 11.8 Å². The van der Waals surface area contributed by atoms with Gasteiger partial charge < -0.3 is 5.11 Å². The Morgan fingerprint density at radius 2 is 1.95 bits per heavy atom. The fourth-order valence-corrected chi connectivity index (χ4v) is 3.01. The van der Waals surface area contributed by atoms with Crippen LogP contribution in [-0.4, -0.2) is 26.2 Å². The van der Waals surface area contributed by atoms with Crippen LogP contribution in [0.3, 0.4) is 0 Å². The summed E-state index contributed by atoms with van der Waals surface area (Å²) in [5.74, 6) is -0.212. The molecule has 1 aromatic heterocycles. The van der Waals surface area contributed by atoms with Crippen molar-refractivity contribution >= 4 is 17.5 Å². The lowest BCUT2D eigenvalue weighted by molar-refractivity contribution is 0.102. The van der Waals surface area contributed by atoms with Crippen LogP contribution in [0.25, 0.3) is 0 Å². The van der Waals surface area contributed by atoms with Crippen LogP contribution in [0.2, 0.25) is 0 Å². The van der Waals surface area contributed by atoms with Crippen LogP contribution in [0.5, 0.6) is 5.88 Å². The first kappa shape index (κ1) is 16.3. The summed E-state index contributed by atoms with van der Waals surface area (Å²) < 4.78 is 1.47. The van der Waals surface area contributed by atoms with Gasteiger partial charge in [0.25, 0.3) is 5.56 Å². The van der Waals surface area contributed by atoms with E-state index in [0.717, 1.165) is 23.4 Å². The third-order valence-corrected chi connectivity index (χ3v) is 4.08. The highest BCUT2D eigenvalue weighted by atomic mass is 32.2. The number of benzene rings is 1. The van der Waals surface area contributed by atoms with Gasteiger partial charge in [0.05, 0.1) is 11.8 Å². The van der Waals surface area contributed by atoms with Crippen molar-refractivity contribution in [1.82, 2.24) is 9.55 Å². The zero-order chi connectivity index (χ0) is 16.3. The number of aromatic nitrogens is 2. The molecule has 2 aromatic rings. The van der Waals surface area contributed by atoms with Gasteiger partial charge in [-0.25, -0.2) is 0 Å². The molecule has 1 heterocycles. The van der Waals surface area contributed by atoms with Gasteiger partial charge >= 0.3 is 0 Å². The molecular formula is C16H18N2O3S. The average Bonchev–Trinajstić information content (AvgIpc) is 2.44. The van der Waals surface area contributed by atoms with Gasteiger partial charge in [-0.05, 0) is 20.8 Å². The molecule has 116 valence electrons. The number of ketones is 1. The molecular weight excluding hydrogens is 300 g/mol. The normalized spacial score (nSPS) is 10.9. The summed E-state index contributed by atoms with van der Waals surface area (Å²) in [6.45, 7) is 5.67. The number of carbonyl (C=O) groups excluding carboxylic acids is 1. The highest BCUT2D eigenvalue weighted by Gasteiger charge is 2.14. The van der Waals surface area contributed by atoms with Gasteiger partial charge in [-0.2, -0.15) is 4.98 Å². The molecule has 1 aromatic carbocycles. The lowest BCUT2D eigenvalue weighted by Crippen LogP contribution is -2.24. The molecule has 5 nitrogen and oxygen atoms in total. The van der Waals surface area contributed by atoms with E-state index in [2.05, 4.69) is 4.98 Å². The third kappa shape index (κ3) is 3.76. The zero-order valence-corrected chi connectivity index (χ0v) is 13.6. The number of hydrogen-bond donors (Lipinski definition) is 1. The molecule has 22 heavy (non-hydrogen) atoms. The molecule has 0 fully saturated rings. The summed E-state index contributed by atoms with van der Waals surface area (Å²) in [4.78, 5) is 28.1. The van der Waals surface area contributed by atoms with E-state index in [9.17, 15) is 14.7 Å². The molecule has 0 aliphatic rings. The van der Waals surface area contributed by atoms with E-state index in [4.69, 9.17) is 0 Å². The lowest BCUT2D eigenvalue weighted by Gasteiger charge is -2.14. The van der Waals surface area contributed by atoms with Gasteiger partial charge in [-0.1, -0.05) is 41.6 Å². The molecule has 6 heteroatoms. The average molecular weight is 318 g/mol. The number of nitrogens with zero attached hydrogens (tertiary/aromatic N) is 2. The number of hydrogen-bond acceptors (Lipinski definition) is 5. The van der Waals surface area contributed by atoms with Crippen molar-refractivity contribution in [3.8, 4) is 5.88 Å². The van der Waals surface area contributed by atoms with Gasteiger partial charge in [-0.15, -0.1) is 0 Å². The number of thioether (sulfide) groups is 1. The van der Waals surface area contributed by atoms with Gasteiger partial charge in [0.1, 0.15) is 0 Å². The topological polar surface area (TPSA) is 72.2 Å². The van der Waals surface area contributed by atoms with E-state index in [-0.39, 0.29) is 29.0 Å². The van der Waals surface area contributed by atoms with Crippen molar-refractivity contribution in [2.45, 2.75) is 32.0 Å². The molecule has 0 saturated carbocycles. The Hall–Kier alpha value is -2.08. The van der Waals surface area contributed by atoms with Crippen molar-refractivity contribution < 1.29 is 9.90 Å². The van der Waals surface area contributed by atoms with Crippen molar-refractivity contribution in [2.24, 2.45) is 0 Å². The molecule has 0 bridgehead atoms. The first-order chi connectivity index (χ1) is 10.4. The summed E-state index contributed by atoms with van der Waals surface area (Å²) >= 11 is 1.15. The van der Waals surface area contributed by atoms with Gasteiger partial charge in [0.2, 0.25) is 5.88 Å². The lowest BCUT2D eigenvalue weighted by atomic mass is 10.1. The first-order valence-electron chi connectivity index (χ1n) is 6.93. The number of carbonyl (C=O) groups is 1. The fraction of sp³-hybridized carbons (Fsp3) is 0.312. The maximum Gasteiger partial charge on any atom is 0.258 e. The van der Waals surface area contributed by atoms with E-state index in [1.54, 1.807) is 12.1 Å². The molecule has 0 saturated heterocycles. The molecule has 0 atom stereocenters. The van der Waals surface area contributed by atoms with E-state index in [1.165, 1.54) is 4.57 Å². The van der Waals surface area contributed by atoms with Crippen LogP contribution in [0.15, 0.2) is 40.3 Å². The Morgan fingerprint density at radius 1 is 1.32 bits per heavy atom. The maximum atomic E-state index is 12.2. The highest BCUT2D eigenvalue weighted by molar-refractivity contribution is 7.99. The number of aromatic hydroxyl groups is 1. The van der Waals surface area contributed by atoms with E-state index in [1.807, 2.05) is 32.9 Å². The second kappa shape index (κ2) is 6.79. The van der Waals surface area contributed by atoms with E-state index < -0.39 is 0 Å². The van der Waals surface area contributed by atoms with Gasteiger partial charge in [0, 0.05) is 11.6 Å². The van der Waals surface area contributed by atoms with E-state index >= 15 is 0 Å². The Bertz CT molecular complexity index is 736. The Morgan fingerprint density at radius 3 is 2.55 bits per heavy atom. The maximum absolute atomic E-state index is 12.2. The second-order valence-electron chi connectivity index (χ2n) is 5.28. The van der Waals surface area contributed by atoms with E-state index in [0.29, 0.717) is 10.7 Å². The van der Waals surface area contributed by atoms with Crippen LogP contribution in [0.4, 0.5) is 0 Å². The highest BCUT2D eigenvalue weighted by Crippen LogP contribution is 2.21. The Balaban J connectivity index is 2.19. The Kier molecular flexibility index (Phi) is 5.03. The molecule has 0 amide bonds. The third-order valence-electron chi connectivity index (χ3n) is 3.13. The SMILES string of the molecule is Cc1ccc(C(=O)CSc2nc(O)cc(=O)n2C(C)C)cc1. The minimum absolute atomic E-state index is 0.0436. The molecule has 0 aliphatic carbocycles. The van der Waals surface area contributed by atoms with Crippen LogP contribution in [0.1, 0.15) is 35.8 Å². The minimum atomic E-state index is -0.327. The van der Waals surface area contributed by atoms with Gasteiger partial charge in [0.15, 0.2) is 10.9 Å². The molecule has 0 radical (unpaired) electrons. The summed E-state index contributed by atoms with van der Waals surface area (Å²) in [6.07, 6.45) is 0.